The molecular weight excluding hydrogens is 214 g/mol. The predicted octanol–water partition coefficient (Wildman–Crippen LogP) is -0.654. The maximum atomic E-state index is 10.6. The Labute approximate surface area is 92.5 Å². The Kier molecular flexibility index (Phi) is 3.97. The number of nitrogens with one attached hydrogen (secondary N) is 1. The van der Waals surface area contributed by atoms with Gasteiger partial charge in [-0.05, 0) is 6.92 Å². The molecule has 0 aromatic carbocycles. The third-order valence-electron chi connectivity index (χ3n) is 2.02. The summed E-state index contributed by atoms with van der Waals surface area (Å²) in [5.74, 6) is -0.206. The molecule has 7 nitrogen and oxygen atoms in total. The van der Waals surface area contributed by atoms with Crippen LogP contribution >= 0.6 is 0 Å². The number of aromatic nitrogens is 2. The molecule has 0 saturated heterocycles. The number of hydrogen-bond acceptors (Lipinski definition) is 6. The summed E-state index contributed by atoms with van der Waals surface area (Å²) >= 11 is 0. The van der Waals surface area contributed by atoms with Gasteiger partial charge in [0.05, 0.1) is 0 Å². The molecule has 0 radical (unpaired) electrons. The Morgan fingerprint density at radius 1 is 1.62 bits per heavy atom. The zero-order chi connectivity index (χ0) is 12.2. The molecular formula is C9H15N3O4. The van der Waals surface area contributed by atoms with E-state index in [1.165, 1.54) is 6.92 Å². The Morgan fingerprint density at radius 2 is 2.31 bits per heavy atom. The van der Waals surface area contributed by atoms with Gasteiger partial charge in [-0.15, -0.1) is 0 Å². The van der Waals surface area contributed by atoms with E-state index in [9.17, 15) is 9.90 Å². The van der Waals surface area contributed by atoms with Gasteiger partial charge < -0.3 is 20.1 Å². The van der Waals surface area contributed by atoms with Crippen LogP contribution in [0.3, 0.4) is 0 Å². The van der Waals surface area contributed by atoms with Gasteiger partial charge >= 0.3 is 5.97 Å². The van der Waals surface area contributed by atoms with E-state index in [-0.39, 0.29) is 6.54 Å². The molecule has 0 fully saturated rings. The van der Waals surface area contributed by atoms with Crippen LogP contribution in [0.1, 0.15) is 18.6 Å². The molecule has 7 heteroatoms. The number of carboxylic acids is 1. The zero-order valence-electron chi connectivity index (χ0n) is 9.23. The highest BCUT2D eigenvalue weighted by Crippen LogP contribution is 2.01. The molecule has 0 aliphatic carbocycles. The Hall–Kier alpha value is -1.47. The van der Waals surface area contributed by atoms with E-state index >= 15 is 0 Å². The molecule has 90 valence electrons. The fraction of sp³-hybridized carbons (Fsp3) is 0.667. The van der Waals surface area contributed by atoms with E-state index < -0.39 is 11.6 Å². The fourth-order valence-electron chi connectivity index (χ4n) is 1.05. The van der Waals surface area contributed by atoms with E-state index in [0.717, 1.165) is 0 Å². The molecule has 1 unspecified atom stereocenters. The van der Waals surface area contributed by atoms with E-state index in [2.05, 4.69) is 15.5 Å². The number of aliphatic hydroxyl groups is 1. The SMILES string of the molecule is Cc1nc(CCNCC(C)(O)C(=O)O)no1. The Bertz CT molecular complexity index is 361. The van der Waals surface area contributed by atoms with Crippen LogP contribution in [0.15, 0.2) is 4.52 Å². The second-order valence-corrected chi connectivity index (χ2v) is 3.74. The lowest BCUT2D eigenvalue weighted by Crippen LogP contribution is -2.45. The average molecular weight is 229 g/mol. The number of carboxylic acid groups (broad SMARTS) is 1. The van der Waals surface area contributed by atoms with Crippen molar-refractivity contribution >= 4 is 5.97 Å². The number of hydrogen-bond donors (Lipinski definition) is 3. The summed E-state index contributed by atoms with van der Waals surface area (Å²) in [5, 5.41) is 24.5. The van der Waals surface area contributed by atoms with Crippen molar-refractivity contribution in [3.63, 3.8) is 0 Å². The summed E-state index contributed by atoms with van der Waals surface area (Å²) in [5.41, 5.74) is -1.76. The number of carbonyl (C=O) groups is 1. The highest BCUT2D eigenvalue weighted by molar-refractivity contribution is 5.76. The number of nitrogens with zero attached hydrogens (tertiary/aromatic N) is 2. The van der Waals surface area contributed by atoms with Crippen molar-refractivity contribution in [3.05, 3.63) is 11.7 Å². The lowest BCUT2D eigenvalue weighted by Gasteiger charge is -2.17. The molecule has 0 spiro atoms. The highest BCUT2D eigenvalue weighted by Gasteiger charge is 2.28. The maximum absolute atomic E-state index is 10.6. The first-order valence-electron chi connectivity index (χ1n) is 4.87. The monoisotopic (exact) mass is 229 g/mol. The van der Waals surface area contributed by atoms with Crippen molar-refractivity contribution in [1.82, 2.24) is 15.5 Å². The Balaban J connectivity index is 2.24. The van der Waals surface area contributed by atoms with Gasteiger partial charge in [-0.25, -0.2) is 4.79 Å². The number of rotatable bonds is 6. The van der Waals surface area contributed by atoms with Gasteiger partial charge in [0.2, 0.25) is 5.89 Å². The van der Waals surface area contributed by atoms with Crippen molar-refractivity contribution in [2.24, 2.45) is 0 Å². The molecule has 0 saturated carbocycles. The summed E-state index contributed by atoms with van der Waals surface area (Å²) < 4.78 is 4.77. The molecule has 1 aromatic rings. The minimum Gasteiger partial charge on any atom is -0.479 e. The van der Waals surface area contributed by atoms with Crippen LogP contribution < -0.4 is 5.32 Å². The first-order chi connectivity index (χ1) is 7.42. The minimum absolute atomic E-state index is 0.0286. The van der Waals surface area contributed by atoms with Crippen LogP contribution in [0.4, 0.5) is 0 Å². The highest BCUT2D eigenvalue weighted by atomic mass is 16.5. The summed E-state index contributed by atoms with van der Waals surface area (Å²) in [6, 6.07) is 0. The first kappa shape index (κ1) is 12.6. The smallest absolute Gasteiger partial charge is 0.336 e. The molecule has 1 atom stereocenters. The second kappa shape index (κ2) is 5.04. The largest absolute Gasteiger partial charge is 0.479 e. The number of aryl methyl sites for hydroxylation is 1. The van der Waals surface area contributed by atoms with Gasteiger partial charge in [-0.1, -0.05) is 5.16 Å². The lowest BCUT2D eigenvalue weighted by molar-refractivity contribution is -0.156. The molecule has 0 bridgehead atoms. The third-order valence-corrected chi connectivity index (χ3v) is 2.02. The predicted molar refractivity (Wildman–Crippen MR) is 53.9 cm³/mol. The maximum Gasteiger partial charge on any atom is 0.336 e. The van der Waals surface area contributed by atoms with Crippen LogP contribution in [0.5, 0.6) is 0 Å². The van der Waals surface area contributed by atoms with E-state index in [1.807, 2.05) is 0 Å². The van der Waals surface area contributed by atoms with Crippen LogP contribution in [-0.2, 0) is 11.2 Å². The van der Waals surface area contributed by atoms with E-state index in [0.29, 0.717) is 24.7 Å². The minimum atomic E-state index is -1.76. The van der Waals surface area contributed by atoms with Gasteiger partial charge in [0.25, 0.3) is 0 Å². The lowest BCUT2D eigenvalue weighted by atomic mass is 10.1. The van der Waals surface area contributed by atoms with Gasteiger partial charge in [-0.2, -0.15) is 4.98 Å². The van der Waals surface area contributed by atoms with Crippen molar-refractivity contribution in [2.75, 3.05) is 13.1 Å². The van der Waals surface area contributed by atoms with Gasteiger partial charge in [-0.3, -0.25) is 0 Å². The molecule has 3 N–H and O–H groups in total. The topological polar surface area (TPSA) is 108 Å². The van der Waals surface area contributed by atoms with Crippen LogP contribution in [-0.4, -0.2) is 45.0 Å². The molecule has 0 aliphatic rings. The quantitative estimate of drug-likeness (QED) is 0.556. The van der Waals surface area contributed by atoms with Gasteiger partial charge in [0, 0.05) is 26.4 Å². The van der Waals surface area contributed by atoms with E-state index in [1.54, 1.807) is 6.92 Å². The number of aliphatic carboxylic acids is 1. The summed E-state index contributed by atoms with van der Waals surface area (Å²) in [6.07, 6.45) is 0.521. The zero-order valence-corrected chi connectivity index (χ0v) is 9.23. The molecule has 1 aromatic heterocycles. The Morgan fingerprint density at radius 3 is 2.81 bits per heavy atom. The van der Waals surface area contributed by atoms with Crippen molar-refractivity contribution < 1.29 is 19.5 Å². The van der Waals surface area contributed by atoms with Crippen LogP contribution in [0.2, 0.25) is 0 Å². The summed E-state index contributed by atoms with van der Waals surface area (Å²) in [7, 11) is 0. The van der Waals surface area contributed by atoms with E-state index in [4.69, 9.17) is 9.63 Å². The second-order valence-electron chi connectivity index (χ2n) is 3.74. The average Bonchev–Trinajstić information content (AvgIpc) is 2.59. The fourth-order valence-corrected chi connectivity index (χ4v) is 1.05. The third kappa shape index (κ3) is 3.59. The molecule has 0 amide bonds. The molecule has 16 heavy (non-hydrogen) atoms. The van der Waals surface area contributed by atoms with Crippen molar-refractivity contribution in [2.45, 2.75) is 25.9 Å². The van der Waals surface area contributed by atoms with Crippen LogP contribution in [0.25, 0.3) is 0 Å². The molecule has 1 rings (SSSR count). The van der Waals surface area contributed by atoms with Gasteiger partial charge in [0.1, 0.15) is 0 Å². The van der Waals surface area contributed by atoms with Gasteiger partial charge in [0.15, 0.2) is 11.4 Å². The molecule has 0 aliphatic heterocycles. The van der Waals surface area contributed by atoms with Crippen molar-refractivity contribution in [1.29, 1.82) is 0 Å². The summed E-state index contributed by atoms with van der Waals surface area (Å²) in [6.45, 7) is 3.38. The first-order valence-corrected chi connectivity index (χ1v) is 4.87. The summed E-state index contributed by atoms with van der Waals surface area (Å²) in [4.78, 5) is 14.5. The molecule has 1 heterocycles. The normalized spacial score (nSPS) is 14.7. The van der Waals surface area contributed by atoms with Crippen molar-refractivity contribution in [3.8, 4) is 0 Å². The standard InChI is InChI=1S/C9H15N3O4/c1-6-11-7(12-16-6)3-4-10-5-9(2,15)8(13)14/h10,15H,3-5H2,1-2H3,(H,13,14). The van der Waals surface area contributed by atoms with Crippen LogP contribution in [0, 0.1) is 6.92 Å².